The number of hydrogen-bond donors (Lipinski definition) is 2. The molecule has 0 saturated carbocycles. The fraction of sp³-hybridized carbons (Fsp3) is 0.316. The first-order valence-electron chi connectivity index (χ1n) is 8.55. The van der Waals surface area contributed by atoms with Crippen LogP contribution in [-0.2, 0) is 15.1 Å². The molecule has 2 aliphatic heterocycles. The number of carbonyl (C=O) groups is 2. The van der Waals surface area contributed by atoms with Crippen molar-refractivity contribution < 1.29 is 14.3 Å². The lowest BCUT2D eigenvalue weighted by Gasteiger charge is -2.50. The van der Waals surface area contributed by atoms with Gasteiger partial charge in [-0.15, -0.1) is 0 Å². The van der Waals surface area contributed by atoms with E-state index in [-0.39, 0.29) is 30.1 Å². The van der Waals surface area contributed by atoms with E-state index in [0.717, 1.165) is 5.56 Å². The lowest BCUT2D eigenvalue weighted by molar-refractivity contribution is -0.150. The average Bonchev–Trinajstić information content (AvgIpc) is 2.68. The molecule has 2 N–H and O–H groups in total. The number of nitrogens with zero attached hydrogens (tertiary/aromatic N) is 1. The minimum absolute atomic E-state index is 0.0345. The highest BCUT2D eigenvalue weighted by atomic mass is 16.5. The van der Waals surface area contributed by atoms with E-state index in [9.17, 15) is 14.4 Å². The third-order valence-electron chi connectivity index (χ3n) is 5.11. The Labute approximate surface area is 150 Å². The van der Waals surface area contributed by atoms with Crippen LogP contribution in [0.25, 0.3) is 0 Å². The van der Waals surface area contributed by atoms with Gasteiger partial charge in [0, 0.05) is 19.3 Å². The first kappa shape index (κ1) is 16.5. The zero-order chi connectivity index (χ0) is 18.1. The summed E-state index contributed by atoms with van der Waals surface area (Å²) in [5.41, 5.74) is 0.00811. The third-order valence-corrected chi connectivity index (χ3v) is 5.11. The van der Waals surface area contributed by atoms with E-state index >= 15 is 0 Å². The second kappa shape index (κ2) is 6.42. The van der Waals surface area contributed by atoms with Crippen LogP contribution in [-0.4, -0.2) is 47.5 Å². The van der Waals surface area contributed by atoms with Crippen LogP contribution in [0.2, 0.25) is 0 Å². The number of rotatable bonds is 2. The molecule has 26 heavy (non-hydrogen) atoms. The minimum atomic E-state index is -0.656. The number of amides is 2. The molecule has 2 saturated heterocycles. The Kier molecular flexibility index (Phi) is 4.08. The van der Waals surface area contributed by atoms with Crippen LogP contribution in [0.3, 0.4) is 0 Å². The van der Waals surface area contributed by atoms with Crippen LogP contribution < -0.4 is 10.9 Å². The third kappa shape index (κ3) is 2.70. The number of H-pyrrole nitrogens is 1. The van der Waals surface area contributed by atoms with Gasteiger partial charge in [-0.1, -0.05) is 30.3 Å². The lowest BCUT2D eigenvalue weighted by Crippen LogP contribution is -2.67. The highest BCUT2D eigenvalue weighted by Crippen LogP contribution is 2.37. The largest absolute Gasteiger partial charge is 0.364 e. The van der Waals surface area contributed by atoms with Gasteiger partial charge in [-0.2, -0.15) is 0 Å². The maximum Gasteiger partial charge on any atom is 0.260 e. The van der Waals surface area contributed by atoms with Crippen LogP contribution in [0.4, 0.5) is 0 Å². The summed E-state index contributed by atoms with van der Waals surface area (Å²) in [5.74, 6) is -0.488. The number of pyridine rings is 1. The Morgan fingerprint density at radius 2 is 1.96 bits per heavy atom. The number of piperidine rings is 1. The molecule has 3 heterocycles. The van der Waals surface area contributed by atoms with Crippen molar-refractivity contribution in [3.63, 3.8) is 0 Å². The molecule has 2 aromatic rings. The van der Waals surface area contributed by atoms with Gasteiger partial charge in [0.25, 0.3) is 11.5 Å². The molecule has 2 atom stereocenters. The first-order chi connectivity index (χ1) is 12.6. The van der Waals surface area contributed by atoms with Crippen LogP contribution >= 0.6 is 0 Å². The molecule has 0 aliphatic carbocycles. The fourth-order valence-corrected chi connectivity index (χ4v) is 3.80. The summed E-state index contributed by atoms with van der Waals surface area (Å²) in [4.78, 5) is 40.8. The van der Waals surface area contributed by atoms with Crippen molar-refractivity contribution in [2.45, 2.75) is 18.1 Å². The number of carbonyl (C=O) groups excluding carboxylic acids is 2. The zero-order valence-corrected chi connectivity index (χ0v) is 14.1. The Morgan fingerprint density at radius 1 is 1.15 bits per heavy atom. The van der Waals surface area contributed by atoms with Gasteiger partial charge in [-0.25, -0.2) is 0 Å². The molecule has 2 amide bonds. The summed E-state index contributed by atoms with van der Waals surface area (Å²) in [6.07, 6.45) is 1.64. The predicted molar refractivity (Wildman–Crippen MR) is 93.6 cm³/mol. The van der Waals surface area contributed by atoms with Gasteiger partial charge in [0.2, 0.25) is 5.91 Å². The van der Waals surface area contributed by atoms with E-state index in [1.165, 1.54) is 12.3 Å². The number of ether oxygens (including phenoxy) is 1. The number of likely N-dealkylation sites (tertiary alicyclic amines) is 1. The second-order valence-electron chi connectivity index (χ2n) is 6.60. The van der Waals surface area contributed by atoms with Gasteiger partial charge in [0.15, 0.2) is 0 Å². The summed E-state index contributed by atoms with van der Waals surface area (Å²) < 4.78 is 5.81. The van der Waals surface area contributed by atoms with E-state index < -0.39 is 11.1 Å². The van der Waals surface area contributed by atoms with E-state index in [4.69, 9.17) is 4.74 Å². The molecular weight excluding hydrogens is 334 g/mol. The van der Waals surface area contributed by atoms with E-state index in [2.05, 4.69) is 10.3 Å². The topological polar surface area (TPSA) is 91.5 Å². The van der Waals surface area contributed by atoms with Gasteiger partial charge >= 0.3 is 0 Å². The van der Waals surface area contributed by atoms with Gasteiger partial charge in [-0.3, -0.25) is 14.4 Å². The molecule has 134 valence electrons. The standard InChI is InChI=1S/C19H19N3O4/c23-16-12-26-15-11-22(18(25)14-7-4-9-20-17(14)24)10-8-19(15,21-16)13-5-2-1-3-6-13/h1-7,9,15H,8,10-12H2,(H,20,24)(H,21,23)/t15-,19+/m1/s1. The number of aromatic nitrogens is 1. The SMILES string of the molecule is O=C1CO[C@@H]2CN(C(=O)c3ccc[nH]c3=O)CC[C@@]2(c2ccccc2)N1. The van der Waals surface area contributed by atoms with Crippen LogP contribution in [0, 0.1) is 0 Å². The van der Waals surface area contributed by atoms with Crippen LogP contribution in [0.15, 0.2) is 53.5 Å². The van der Waals surface area contributed by atoms with Crippen molar-refractivity contribution in [2.75, 3.05) is 19.7 Å². The van der Waals surface area contributed by atoms with Crippen molar-refractivity contribution in [3.05, 3.63) is 70.1 Å². The Hall–Kier alpha value is -2.93. The fourth-order valence-electron chi connectivity index (χ4n) is 3.80. The van der Waals surface area contributed by atoms with Crippen LogP contribution in [0.1, 0.15) is 22.3 Å². The maximum absolute atomic E-state index is 12.8. The van der Waals surface area contributed by atoms with E-state index in [1.54, 1.807) is 11.0 Å². The number of fused-ring (bicyclic) bond motifs is 1. The Balaban J connectivity index is 1.64. The van der Waals surface area contributed by atoms with Gasteiger partial charge < -0.3 is 19.9 Å². The molecule has 2 fully saturated rings. The molecule has 0 unspecified atom stereocenters. The zero-order valence-electron chi connectivity index (χ0n) is 14.1. The van der Waals surface area contributed by atoms with Crippen molar-refractivity contribution in [3.8, 4) is 0 Å². The maximum atomic E-state index is 12.8. The normalized spacial score (nSPS) is 25.3. The number of morpholine rings is 1. The van der Waals surface area contributed by atoms with Gasteiger partial charge in [0.1, 0.15) is 18.3 Å². The highest BCUT2D eigenvalue weighted by molar-refractivity contribution is 5.94. The number of nitrogens with one attached hydrogen (secondary N) is 2. The van der Waals surface area contributed by atoms with Crippen molar-refractivity contribution >= 4 is 11.8 Å². The molecule has 7 nitrogen and oxygen atoms in total. The smallest absolute Gasteiger partial charge is 0.260 e. The molecule has 0 spiro atoms. The Morgan fingerprint density at radius 3 is 2.73 bits per heavy atom. The van der Waals surface area contributed by atoms with E-state index in [0.29, 0.717) is 19.5 Å². The summed E-state index contributed by atoms with van der Waals surface area (Å²) in [6, 6.07) is 12.8. The Bertz CT molecular complexity index is 895. The molecule has 0 bridgehead atoms. The number of hydrogen-bond acceptors (Lipinski definition) is 4. The number of benzene rings is 1. The van der Waals surface area contributed by atoms with Crippen molar-refractivity contribution in [2.24, 2.45) is 0 Å². The number of aromatic amines is 1. The summed E-state index contributed by atoms with van der Waals surface area (Å²) in [7, 11) is 0. The van der Waals surface area contributed by atoms with E-state index in [1.807, 2.05) is 30.3 Å². The summed E-state index contributed by atoms with van der Waals surface area (Å²) in [6.45, 7) is 0.692. The van der Waals surface area contributed by atoms with Gasteiger partial charge in [0.05, 0.1) is 5.54 Å². The first-order valence-corrected chi connectivity index (χ1v) is 8.55. The highest BCUT2D eigenvalue weighted by Gasteiger charge is 2.49. The van der Waals surface area contributed by atoms with Crippen LogP contribution in [0.5, 0.6) is 0 Å². The second-order valence-corrected chi connectivity index (χ2v) is 6.60. The predicted octanol–water partition coefficient (Wildman–Crippen LogP) is 0.631. The monoisotopic (exact) mass is 353 g/mol. The van der Waals surface area contributed by atoms with Crippen molar-refractivity contribution in [1.29, 1.82) is 0 Å². The molecule has 0 radical (unpaired) electrons. The molecule has 7 heteroatoms. The van der Waals surface area contributed by atoms with Crippen molar-refractivity contribution in [1.82, 2.24) is 15.2 Å². The molecule has 2 aliphatic rings. The van der Waals surface area contributed by atoms with Gasteiger partial charge in [-0.05, 0) is 24.1 Å². The summed E-state index contributed by atoms with van der Waals surface area (Å²) >= 11 is 0. The quantitative estimate of drug-likeness (QED) is 0.828. The minimum Gasteiger partial charge on any atom is -0.364 e. The molecular formula is C19H19N3O4. The lowest BCUT2D eigenvalue weighted by atomic mass is 9.77. The molecule has 1 aromatic carbocycles. The average molecular weight is 353 g/mol. The molecule has 1 aromatic heterocycles. The molecule has 4 rings (SSSR count). The summed E-state index contributed by atoms with van der Waals surface area (Å²) in [5, 5.41) is 3.09.